The van der Waals surface area contributed by atoms with Gasteiger partial charge in [0.2, 0.25) is 10.0 Å². The molecule has 0 saturated carbocycles. The van der Waals surface area contributed by atoms with Crippen LogP contribution < -0.4 is 5.32 Å². The van der Waals surface area contributed by atoms with Gasteiger partial charge in [-0.2, -0.15) is 4.31 Å². The quantitative estimate of drug-likeness (QED) is 0.337. The van der Waals surface area contributed by atoms with E-state index in [1.165, 1.54) is 24.3 Å². The molecule has 1 amide bonds. The second-order valence-corrected chi connectivity index (χ2v) is 10.1. The second-order valence-electron chi connectivity index (χ2n) is 8.16. The Kier molecular flexibility index (Phi) is 7.34. The Morgan fingerprint density at radius 1 is 1.18 bits per heavy atom. The van der Waals surface area contributed by atoms with Gasteiger partial charge in [0.1, 0.15) is 11.7 Å². The predicted molar refractivity (Wildman–Crippen MR) is 122 cm³/mol. The largest absolute Gasteiger partial charge is 0.454 e. The lowest BCUT2D eigenvalue weighted by Crippen LogP contribution is -2.42. The summed E-state index contributed by atoms with van der Waals surface area (Å²) in [5.41, 5.74) is 1.90. The highest BCUT2D eigenvalue weighted by atomic mass is 32.2. The average Bonchev–Trinajstić information content (AvgIpc) is 3.17. The fraction of sp³-hybridized carbons (Fsp3) is 0.364. The Morgan fingerprint density at radius 3 is 2.53 bits per heavy atom. The molecule has 2 aromatic rings. The van der Waals surface area contributed by atoms with Gasteiger partial charge in [-0.25, -0.2) is 8.42 Å². The monoisotopic (exact) mass is 491 g/mol. The number of benzene rings is 2. The second kappa shape index (κ2) is 9.87. The molecule has 1 saturated heterocycles. The smallest absolute Gasteiger partial charge is 0.325 e. The molecule has 182 valence electrons. The van der Waals surface area contributed by atoms with Crippen molar-refractivity contribution in [2.75, 3.05) is 18.5 Å². The lowest BCUT2D eigenvalue weighted by Gasteiger charge is -2.22. The van der Waals surface area contributed by atoms with E-state index < -0.39 is 45.6 Å². The maximum atomic E-state index is 13.1. The van der Waals surface area contributed by atoms with Crippen molar-refractivity contribution < 1.29 is 32.8 Å². The van der Waals surface area contributed by atoms with Gasteiger partial charge in [-0.1, -0.05) is 12.1 Å². The third kappa shape index (κ3) is 5.41. The lowest BCUT2D eigenvalue weighted by atomic mass is 10.1. The van der Waals surface area contributed by atoms with Crippen LogP contribution in [0.1, 0.15) is 23.1 Å². The summed E-state index contributed by atoms with van der Waals surface area (Å²) in [5.74, 6) is -1.83. The van der Waals surface area contributed by atoms with Crippen LogP contribution in [0, 0.1) is 30.9 Å². The van der Waals surface area contributed by atoms with Crippen molar-refractivity contribution in [3.8, 4) is 0 Å². The molecule has 11 nitrogen and oxygen atoms in total. The molecule has 1 heterocycles. The molecule has 34 heavy (non-hydrogen) atoms. The third-order valence-electron chi connectivity index (χ3n) is 5.56. The van der Waals surface area contributed by atoms with Crippen LogP contribution in [0.3, 0.4) is 0 Å². The van der Waals surface area contributed by atoms with E-state index in [0.29, 0.717) is 5.56 Å². The number of hydrogen-bond acceptors (Lipinski definition) is 8. The molecule has 0 radical (unpaired) electrons. The first kappa shape index (κ1) is 25.3. The van der Waals surface area contributed by atoms with Crippen LogP contribution in [0.25, 0.3) is 0 Å². The molecule has 1 unspecified atom stereocenters. The zero-order valence-electron chi connectivity index (χ0n) is 18.8. The Morgan fingerprint density at radius 2 is 1.88 bits per heavy atom. The zero-order valence-corrected chi connectivity index (χ0v) is 19.7. The number of aryl methyl sites for hydroxylation is 3. The van der Waals surface area contributed by atoms with Gasteiger partial charge in [-0.05, 0) is 55.7 Å². The van der Waals surface area contributed by atoms with Gasteiger partial charge in [0.05, 0.1) is 15.9 Å². The Balaban J connectivity index is 1.70. The van der Waals surface area contributed by atoms with E-state index >= 15 is 0 Å². The fourth-order valence-corrected chi connectivity index (χ4v) is 5.30. The highest BCUT2D eigenvalue weighted by molar-refractivity contribution is 7.89. The van der Waals surface area contributed by atoms with Crippen molar-refractivity contribution in [3.63, 3.8) is 0 Å². The number of nitrogens with one attached hydrogen (secondary N) is 1. The van der Waals surface area contributed by atoms with Gasteiger partial charge in [0.15, 0.2) is 6.61 Å². The predicted octanol–water partition coefficient (Wildman–Crippen LogP) is 1.83. The summed E-state index contributed by atoms with van der Waals surface area (Å²) in [4.78, 5) is 35.4. The molecular weight excluding hydrogens is 466 g/mol. The molecule has 0 spiro atoms. The van der Waals surface area contributed by atoms with E-state index in [-0.39, 0.29) is 29.2 Å². The van der Waals surface area contributed by atoms with Crippen LogP contribution in [-0.2, 0) is 24.3 Å². The maximum absolute atomic E-state index is 13.1. The summed E-state index contributed by atoms with van der Waals surface area (Å²) in [5, 5.41) is 23.6. The number of aliphatic hydroxyl groups is 1. The number of ether oxygens (including phenoxy) is 1. The molecule has 2 N–H and O–H groups in total. The first-order valence-electron chi connectivity index (χ1n) is 10.4. The standard InChI is InChI=1S/C22H25N3O8S/c1-13-4-7-18(19(8-13)25(29)30)23-21(27)12-33-22(28)20-10-16(26)11-24(20)34(31,32)17-6-5-14(2)15(3)9-17/h4-9,16,20,26H,10-12H2,1-3H3,(H,23,27)/t16?,20-/m0/s1. The average molecular weight is 492 g/mol. The Bertz CT molecular complexity index is 1240. The number of sulfonamides is 1. The van der Waals surface area contributed by atoms with Gasteiger partial charge >= 0.3 is 5.97 Å². The molecule has 12 heteroatoms. The summed E-state index contributed by atoms with van der Waals surface area (Å²) < 4.78 is 32.1. The molecule has 1 aliphatic rings. The molecule has 2 aromatic carbocycles. The molecule has 2 atom stereocenters. The van der Waals surface area contributed by atoms with Gasteiger partial charge in [-0.3, -0.25) is 19.7 Å². The normalized spacial score (nSPS) is 18.5. The maximum Gasteiger partial charge on any atom is 0.325 e. The minimum absolute atomic E-state index is 0.0214. The first-order valence-corrected chi connectivity index (χ1v) is 11.8. The van der Waals surface area contributed by atoms with Crippen LogP contribution in [0.5, 0.6) is 0 Å². The first-order chi connectivity index (χ1) is 15.9. The molecule has 1 fully saturated rings. The van der Waals surface area contributed by atoms with Gasteiger partial charge < -0.3 is 15.2 Å². The number of nitro benzene ring substituents is 1. The lowest BCUT2D eigenvalue weighted by molar-refractivity contribution is -0.384. The topological polar surface area (TPSA) is 156 Å². The molecule has 0 bridgehead atoms. The zero-order chi connectivity index (χ0) is 25.2. The summed E-state index contributed by atoms with van der Waals surface area (Å²) in [6, 6.07) is 7.46. The fourth-order valence-electron chi connectivity index (χ4n) is 3.59. The number of nitro groups is 1. The third-order valence-corrected chi connectivity index (χ3v) is 7.43. The van der Waals surface area contributed by atoms with E-state index in [9.17, 15) is 33.2 Å². The van der Waals surface area contributed by atoms with Gasteiger partial charge in [0.25, 0.3) is 11.6 Å². The van der Waals surface area contributed by atoms with Crippen LogP contribution in [0.2, 0.25) is 0 Å². The molecular formula is C22H25N3O8S. The highest BCUT2D eigenvalue weighted by Gasteiger charge is 2.44. The van der Waals surface area contributed by atoms with Crippen molar-refractivity contribution in [2.45, 2.75) is 44.2 Å². The summed E-state index contributed by atoms with van der Waals surface area (Å²) in [6.07, 6.45) is -1.27. The van der Waals surface area contributed by atoms with Crippen LogP contribution in [-0.4, -0.2) is 59.9 Å². The minimum atomic E-state index is -4.11. The summed E-state index contributed by atoms with van der Waals surface area (Å²) in [6.45, 7) is 4.18. The van der Waals surface area contributed by atoms with Gasteiger partial charge in [-0.15, -0.1) is 0 Å². The van der Waals surface area contributed by atoms with Crippen molar-refractivity contribution in [1.29, 1.82) is 0 Å². The summed E-state index contributed by atoms with van der Waals surface area (Å²) >= 11 is 0. The number of carbonyl (C=O) groups excluding carboxylic acids is 2. The Hall–Kier alpha value is -3.35. The minimum Gasteiger partial charge on any atom is -0.454 e. The number of carbonyl (C=O) groups is 2. The number of hydrogen-bond donors (Lipinski definition) is 2. The van der Waals surface area contributed by atoms with E-state index in [1.807, 2.05) is 6.92 Å². The van der Waals surface area contributed by atoms with Crippen molar-refractivity contribution in [2.24, 2.45) is 0 Å². The molecule has 0 aliphatic carbocycles. The van der Waals surface area contributed by atoms with Crippen LogP contribution in [0.4, 0.5) is 11.4 Å². The van der Waals surface area contributed by atoms with Crippen molar-refractivity contribution in [1.82, 2.24) is 4.31 Å². The SMILES string of the molecule is Cc1ccc(NC(=O)COC(=O)[C@@H]2CC(O)CN2S(=O)(=O)c2ccc(C)c(C)c2)c([N+](=O)[O-])c1. The van der Waals surface area contributed by atoms with E-state index in [0.717, 1.165) is 15.4 Å². The number of nitrogens with zero attached hydrogens (tertiary/aromatic N) is 2. The highest BCUT2D eigenvalue weighted by Crippen LogP contribution is 2.29. The van der Waals surface area contributed by atoms with E-state index in [1.54, 1.807) is 26.0 Å². The van der Waals surface area contributed by atoms with E-state index in [2.05, 4.69) is 5.32 Å². The summed E-state index contributed by atoms with van der Waals surface area (Å²) in [7, 11) is -4.11. The molecule has 0 aromatic heterocycles. The number of anilines is 1. The number of amides is 1. The van der Waals surface area contributed by atoms with Crippen LogP contribution >= 0.6 is 0 Å². The number of esters is 1. The molecule has 1 aliphatic heterocycles. The van der Waals surface area contributed by atoms with Crippen LogP contribution in [0.15, 0.2) is 41.3 Å². The molecule has 3 rings (SSSR count). The number of rotatable bonds is 7. The van der Waals surface area contributed by atoms with E-state index in [4.69, 9.17) is 4.74 Å². The number of β-amino-alcohol motifs (C(OH)–C–C–N with tert-alkyl or cyclic N) is 1. The van der Waals surface area contributed by atoms with Crippen molar-refractivity contribution >= 4 is 33.3 Å². The van der Waals surface area contributed by atoms with Gasteiger partial charge in [0, 0.05) is 19.0 Å². The Labute approximate surface area is 196 Å². The number of aliphatic hydroxyl groups excluding tert-OH is 1. The van der Waals surface area contributed by atoms with Crippen molar-refractivity contribution in [3.05, 3.63) is 63.2 Å².